The van der Waals surface area contributed by atoms with E-state index in [9.17, 15) is 4.79 Å². The van der Waals surface area contributed by atoms with Gasteiger partial charge >= 0.3 is 0 Å². The first kappa shape index (κ1) is 24.8. The minimum atomic E-state index is -0.186. The topological polar surface area (TPSA) is 63.2 Å². The number of benzene rings is 2. The molecule has 1 aliphatic rings. The number of carbonyl (C=O) groups excluding carboxylic acids is 1. The van der Waals surface area contributed by atoms with E-state index >= 15 is 0 Å². The molecule has 5 nitrogen and oxygen atoms in total. The van der Waals surface area contributed by atoms with Gasteiger partial charge in [-0.15, -0.1) is 11.3 Å². The van der Waals surface area contributed by atoms with Crippen molar-refractivity contribution in [2.24, 2.45) is 0 Å². The van der Waals surface area contributed by atoms with Crippen LogP contribution >= 0.6 is 23.3 Å². The summed E-state index contributed by atoms with van der Waals surface area (Å²) in [6.07, 6.45) is 8.46. The lowest BCUT2D eigenvalue weighted by atomic mass is 9.90. The van der Waals surface area contributed by atoms with Crippen molar-refractivity contribution in [1.82, 2.24) is 9.71 Å². The molecule has 4 rings (SSSR count). The molecule has 1 saturated carbocycles. The van der Waals surface area contributed by atoms with Crippen molar-refractivity contribution in [2.45, 2.75) is 69.2 Å². The Morgan fingerprint density at radius 2 is 1.88 bits per heavy atom. The molecule has 2 N–H and O–H groups in total. The number of ether oxygens (including phenoxy) is 1. The van der Waals surface area contributed by atoms with Crippen molar-refractivity contribution in [3.05, 3.63) is 59.7 Å². The van der Waals surface area contributed by atoms with Gasteiger partial charge in [-0.25, -0.2) is 4.98 Å². The van der Waals surface area contributed by atoms with Gasteiger partial charge in [-0.2, -0.15) is 0 Å². The first-order chi connectivity index (χ1) is 16.4. The lowest BCUT2D eigenvalue weighted by Gasteiger charge is -2.21. The zero-order valence-corrected chi connectivity index (χ0v) is 21.7. The fraction of sp³-hybridized carbons (Fsp3) is 0.407. The quantitative estimate of drug-likeness (QED) is 0.322. The molecule has 0 saturated heterocycles. The highest BCUT2D eigenvalue weighted by Gasteiger charge is 2.21. The molecule has 0 radical (unpaired) electrons. The van der Waals surface area contributed by atoms with Crippen LogP contribution in [0.4, 0.5) is 5.69 Å². The van der Waals surface area contributed by atoms with Crippen molar-refractivity contribution in [3.63, 3.8) is 0 Å². The lowest BCUT2D eigenvalue weighted by Crippen LogP contribution is -2.29. The lowest BCUT2D eigenvalue weighted by molar-refractivity contribution is -0.118. The van der Waals surface area contributed by atoms with Gasteiger partial charge in [-0.1, -0.05) is 43.5 Å². The summed E-state index contributed by atoms with van der Waals surface area (Å²) in [5, 5.41) is 4.22. The summed E-state index contributed by atoms with van der Waals surface area (Å²) < 4.78 is 9.09. The average molecular weight is 496 g/mol. The number of nitrogens with zero attached hydrogens (tertiary/aromatic N) is 1. The van der Waals surface area contributed by atoms with Gasteiger partial charge in [0.25, 0.3) is 5.91 Å². The second kappa shape index (κ2) is 11.4. The second-order valence-electron chi connectivity index (χ2n) is 9.71. The van der Waals surface area contributed by atoms with Gasteiger partial charge in [0, 0.05) is 33.8 Å². The van der Waals surface area contributed by atoms with E-state index < -0.39 is 0 Å². The number of thiazole rings is 1. The number of carbonyl (C=O) groups is 1. The maximum absolute atomic E-state index is 12.5. The second-order valence-corrected chi connectivity index (χ2v) is 11.6. The number of rotatable bonds is 8. The predicted octanol–water partition coefficient (Wildman–Crippen LogP) is 7.27. The third kappa shape index (κ3) is 7.08. The van der Waals surface area contributed by atoms with Crippen molar-refractivity contribution < 1.29 is 9.53 Å². The van der Waals surface area contributed by atoms with Crippen LogP contribution in [-0.4, -0.2) is 23.0 Å². The van der Waals surface area contributed by atoms with E-state index in [2.05, 4.69) is 36.9 Å². The molecule has 1 heterocycles. The highest BCUT2D eigenvalue weighted by atomic mass is 32.2. The van der Waals surface area contributed by atoms with Crippen LogP contribution in [-0.2, 0) is 4.79 Å². The molecule has 0 bridgehead atoms. The highest BCUT2D eigenvalue weighted by Crippen LogP contribution is 2.40. The summed E-state index contributed by atoms with van der Waals surface area (Å²) in [7, 11) is 0. The zero-order chi connectivity index (χ0) is 24.0. The van der Waals surface area contributed by atoms with E-state index in [-0.39, 0.29) is 18.1 Å². The van der Waals surface area contributed by atoms with Gasteiger partial charge in [-0.3, -0.25) is 9.52 Å². The van der Waals surface area contributed by atoms with Gasteiger partial charge in [0.1, 0.15) is 5.75 Å². The number of amides is 1. The number of nitrogens with one attached hydrogen (secondary N) is 2. The van der Waals surface area contributed by atoms with Crippen molar-refractivity contribution in [1.29, 1.82) is 0 Å². The first-order valence-corrected chi connectivity index (χ1v) is 13.5. The number of hydrogen-bond donors (Lipinski definition) is 2. The van der Waals surface area contributed by atoms with Gasteiger partial charge < -0.3 is 10.1 Å². The van der Waals surface area contributed by atoms with Crippen LogP contribution in [0.25, 0.3) is 10.4 Å². The SMILES string of the molecule is CC(C)(C)NSc1cc(NC(=O)COc2ccccc2)ccc1-c1cnc(C2CCCCC2)s1. The minimum absolute atomic E-state index is 0.0337. The Labute approximate surface area is 210 Å². The molecule has 2 aromatic carbocycles. The van der Waals surface area contributed by atoms with Crippen LogP contribution in [0.5, 0.6) is 5.75 Å². The van der Waals surface area contributed by atoms with Gasteiger partial charge in [0.2, 0.25) is 0 Å². The third-order valence-electron chi connectivity index (χ3n) is 5.59. The predicted molar refractivity (Wildman–Crippen MR) is 143 cm³/mol. The van der Waals surface area contributed by atoms with E-state index in [1.165, 1.54) is 42.0 Å². The van der Waals surface area contributed by atoms with E-state index in [1.807, 2.05) is 48.7 Å². The Morgan fingerprint density at radius 1 is 1.12 bits per heavy atom. The molecule has 7 heteroatoms. The Balaban J connectivity index is 1.50. The largest absolute Gasteiger partial charge is 0.484 e. The minimum Gasteiger partial charge on any atom is -0.484 e. The molecule has 1 aliphatic carbocycles. The fourth-order valence-corrected chi connectivity index (χ4v) is 5.99. The molecule has 0 atom stereocenters. The van der Waals surface area contributed by atoms with Crippen LogP contribution in [0.2, 0.25) is 0 Å². The Hall–Kier alpha value is -2.35. The van der Waals surface area contributed by atoms with Crippen LogP contribution in [0, 0.1) is 0 Å². The maximum atomic E-state index is 12.5. The van der Waals surface area contributed by atoms with Crippen LogP contribution in [0.15, 0.2) is 59.6 Å². The molecular formula is C27H33N3O2S2. The molecule has 1 amide bonds. The Kier molecular flexibility index (Phi) is 8.29. The first-order valence-electron chi connectivity index (χ1n) is 11.9. The van der Waals surface area contributed by atoms with Crippen molar-refractivity contribution in [3.8, 4) is 16.2 Å². The summed E-state index contributed by atoms with van der Waals surface area (Å²) in [5.74, 6) is 1.09. The Bertz CT molecular complexity index is 1090. The molecule has 0 unspecified atom stereocenters. The summed E-state index contributed by atoms with van der Waals surface area (Å²) in [4.78, 5) is 19.5. The smallest absolute Gasteiger partial charge is 0.262 e. The monoisotopic (exact) mass is 495 g/mol. The molecule has 0 spiro atoms. The summed E-state index contributed by atoms with van der Waals surface area (Å²) in [5.41, 5.74) is 1.84. The van der Waals surface area contributed by atoms with Gasteiger partial charge in [-0.05, 0) is 69.8 Å². The number of para-hydroxylation sites is 1. The Morgan fingerprint density at radius 3 is 2.62 bits per heavy atom. The molecular weight excluding hydrogens is 462 g/mol. The third-order valence-corrected chi connectivity index (χ3v) is 8.05. The molecule has 180 valence electrons. The van der Waals surface area contributed by atoms with Crippen molar-refractivity contribution in [2.75, 3.05) is 11.9 Å². The van der Waals surface area contributed by atoms with Crippen LogP contribution < -0.4 is 14.8 Å². The standard InChI is InChI=1S/C27H33N3O2S2/c1-27(2,3)30-34-23-16-20(29-25(31)18-32-21-12-8-5-9-13-21)14-15-22(23)24-17-28-26(33-24)19-10-6-4-7-11-19/h5,8-9,12-17,19,30H,4,6-7,10-11,18H2,1-3H3,(H,29,31). The molecule has 0 aliphatic heterocycles. The number of anilines is 1. The summed E-state index contributed by atoms with van der Waals surface area (Å²) >= 11 is 3.40. The van der Waals surface area contributed by atoms with Gasteiger partial charge in [0.05, 0.1) is 9.88 Å². The van der Waals surface area contributed by atoms with E-state index in [0.717, 1.165) is 16.1 Å². The van der Waals surface area contributed by atoms with Gasteiger partial charge in [0.15, 0.2) is 6.61 Å². The molecule has 1 fully saturated rings. The number of hydrogen-bond acceptors (Lipinski definition) is 6. The molecule has 3 aromatic rings. The van der Waals surface area contributed by atoms with E-state index in [1.54, 1.807) is 23.3 Å². The molecule has 1 aromatic heterocycles. The van der Waals surface area contributed by atoms with E-state index in [4.69, 9.17) is 9.72 Å². The fourth-order valence-electron chi connectivity index (χ4n) is 3.91. The van der Waals surface area contributed by atoms with Crippen LogP contribution in [0.1, 0.15) is 63.8 Å². The average Bonchev–Trinajstić information content (AvgIpc) is 3.32. The van der Waals surface area contributed by atoms with Crippen molar-refractivity contribution >= 4 is 34.9 Å². The summed E-state index contributed by atoms with van der Waals surface area (Å²) in [6.45, 7) is 6.38. The normalized spacial score (nSPS) is 14.7. The number of aromatic nitrogens is 1. The maximum Gasteiger partial charge on any atom is 0.262 e. The highest BCUT2D eigenvalue weighted by molar-refractivity contribution is 7.97. The van der Waals surface area contributed by atoms with Crippen LogP contribution in [0.3, 0.4) is 0 Å². The molecule has 34 heavy (non-hydrogen) atoms. The zero-order valence-electron chi connectivity index (χ0n) is 20.1. The van der Waals surface area contributed by atoms with E-state index in [0.29, 0.717) is 11.7 Å². The summed E-state index contributed by atoms with van der Waals surface area (Å²) in [6, 6.07) is 15.4.